The summed E-state index contributed by atoms with van der Waals surface area (Å²) in [4.78, 5) is 36.3. The summed E-state index contributed by atoms with van der Waals surface area (Å²) in [5.41, 5.74) is 0.714. The molecular formula is C18H19ClN2O4. The molecule has 0 radical (unpaired) electrons. The van der Waals surface area contributed by atoms with Crippen LogP contribution in [0.4, 0.5) is 0 Å². The van der Waals surface area contributed by atoms with Crippen molar-refractivity contribution in [2.75, 3.05) is 6.54 Å². The first-order chi connectivity index (χ1) is 11.9. The summed E-state index contributed by atoms with van der Waals surface area (Å²) in [5, 5.41) is 4.38. The second-order valence-corrected chi connectivity index (χ2v) is 6.60. The highest BCUT2D eigenvalue weighted by atomic mass is 35.5. The topological polar surface area (TPSA) is 79.6 Å². The lowest BCUT2D eigenvalue weighted by molar-refractivity contribution is -0.138. The Hall–Kier alpha value is -2.34. The van der Waals surface area contributed by atoms with Crippen LogP contribution in [-0.2, 0) is 14.4 Å². The SMILES string of the molecule is C[C@@H](NC(=O)CCCN1C(=O)CCC1=O)c1cc2cc(Cl)ccc2o1. The van der Waals surface area contributed by atoms with Crippen molar-refractivity contribution in [2.24, 2.45) is 0 Å². The number of amides is 3. The lowest BCUT2D eigenvalue weighted by Crippen LogP contribution is -2.32. The second kappa shape index (κ2) is 7.27. The van der Waals surface area contributed by atoms with Crippen LogP contribution in [0.5, 0.6) is 0 Å². The molecule has 1 aromatic carbocycles. The van der Waals surface area contributed by atoms with Crippen LogP contribution >= 0.6 is 11.6 Å². The van der Waals surface area contributed by atoms with Crippen molar-refractivity contribution in [1.82, 2.24) is 10.2 Å². The van der Waals surface area contributed by atoms with Gasteiger partial charge in [-0.2, -0.15) is 0 Å². The van der Waals surface area contributed by atoms with Crippen molar-refractivity contribution in [3.63, 3.8) is 0 Å². The lowest BCUT2D eigenvalue weighted by Gasteiger charge is -2.14. The number of imide groups is 1. The number of carbonyl (C=O) groups is 3. The van der Waals surface area contributed by atoms with Gasteiger partial charge in [0.1, 0.15) is 11.3 Å². The van der Waals surface area contributed by atoms with Gasteiger partial charge in [0.2, 0.25) is 17.7 Å². The smallest absolute Gasteiger partial charge is 0.229 e. The molecule has 0 bridgehead atoms. The fourth-order valence-electron chi connectivity index (χ4n) is 2.90. The summed E-state index contributed by atoms with van der Waals surface area (Å²) >= 11 is 5.96. The molecule has 1 saturated heterocycles. The minimum atomic E-state index is -0.284. The Morgan fingerprint density at radius 2 is 2.00 bits per heavy atom. The fourth-order valence-corrected chi connectivity index (χ4v) is 3.08. The zero-order valence-corrected chi connectivity index (χ0v) is 14.6. The van der Waals surface area contributed by atoms with E-state index in [9.17, 15) is 14.4 Å². The van der Waals surface area contributed by atoms with E-state index in [0.29, 0.717) is 29.3 Å². The Bertz CT molecular complexity index is 814. The summed E-state index contributed by atoms with van der Waals surface area (Å²) in [7, 11) is 0. The molecule has 0 aliphatic carbocycles. The van der Waals surface area contributed by atoms with Crippen molar-refractivity contribution in [2.45, 2.75) is 38.6 Å². The molecule has 3 rings (SSSR count). The first-order valence-electron chi connectivity index (χ1n) is 8.25. The van der Waals surface area contributed by atoms with Gasteiger partial charge in [-0.1, -0.05) is 11.6 Å². The van der Waals surface area contributed by atoms with Gasteiger partial charge in [-0.05, 0) is 37.6 Å². The highest BCUT2D eigenvalue weighted by molar-refractivity contribution is 6.31. The van der Waals surface area contributed by atoms with Gasteiger partial charge < -0.3 is 9.73 Å². The fraction of sp³-hybridized carbons (Fsp3) is 0.389. The monoisotopic (exact) mass is 362 g/mol. The van der Waals surface area contributed by atoms with Crippen molar-refractivity contribution in [1.29, 1.82) is 0 Å². The molecule has 1 aliphatic heterocycles. The maximum absolute atomic E-state index is 12.1. The Labute approximate surface area is 150 Å². The van der Waals surface area contributed by atoms with Gasteiger partial charge in [0.15, 0.2) is 0 Å². The molecule has 25 heavy (non-hydrogen) atoms. The summed E-state index contributed by atoms with van der Waals surface area (Å²) < 4.78 is 5.73. The van der Waals surface area contributed by atoms with Gasteiger partial charge in [0, 0.05) is 36.2 Å². The number of halogens is 1. The van der Waals surface area contributed by atoms with Crippen molar-refractivity contribution < 1.29 is 18.8 Å². The Morgan fingerprint density at radius 3 is 2.72 bits per heavy atom. The average Bonchev–Trinajstić information content (AvgIpc) is 3.12. The number of fused-ring (bicyclic) bond motifs is 1. The summed E-state index contributed by atoms with van der Waals surface area (Å²) in [6.45, 7) is 2.13. The van der Waals surface area contributed by atoms with Crippen LogP contribution in [-0.4, -0.2) is 29.2 Å². The normalized spacial score (nSPS) is 15.8. The van der Waals surface area contributed by atoms with Crippen LogP contribution in [0, 0.1) is 0 Å². The highest BCUT2D eigenvalue weighted by Crippen LogP contribution is 2.26. The first-order valence-corrected chi connectivity index (χ1v) is 8.63. The molecule has 0 unspecified atom stereocenters. The molecule has 1 fully saturated rings. The van der Waals surface area contributed by atoms with E-state index in [2.05, 4.69) is 5.32 Å². The molecule has 3 amide bonds. The predicted octanol–water partition coefficient (Wildman–Crippen LogP) is 3.19. The molecule has 1 atom stereocenters. The van der Waals surface area contributed by atoms with Gasteiger partial charge in [0.05, 0.1) is 6.04 Å². The third-order valence-electron chi connectivity index (χ3n) is 4.24. The van der Waals surface area contributed by atoms with Crippen molar-refractivity contribution >= 4 is 40.3 Å². The molecule has 132 valence electrons. The van der Waals surface area contributed by atoms with Crippen LogP contribution < -0.4 is 5.32 Å². The molecule has 7 heteroatoms. The average molecular weight is 363 g/mol. The van der Waals surface area contributed by atoms with Gasteiger partial charge in [-0.15, -0.1) is 0 Å². The van der Waals surface area contributed by atoms with E-state index >= 15 is 0 Å². The molecule has 2 heterocycles. The van der Waals surface area contributed by atoms with E-state index < -0.39 is 0 Å². The lowest BCUT2D eigenvalue weighted by atomic mass is 10.2. The van der Waals surface area contributed by atoms with E-state index in [1.165, 1.54) is 4.90 Å². The minimum Gasteiger partial charge on any atom is -0.459 e. The van der Waals surface area contributed by atoms with Crippen LogP contribution in [0.3, 0.4) is 0 Å². The molecular weight excluding hydrogens is 344 g/mol. The quantitative estimate of drug-likeness (QED) is 0.800. The second-order valence-electron chi connectivity index (χ2n) is 6.16. The molecule has 0 saturated carbocycles. The Morgan fingerprint density at radius 1 is 1.28 bits per heavy atom. The van der Waals surface area contributed by atoms with Crippen molar-refractivity contribution in [3.05, 3.63) is 35.0 Å². The molecule has 6 nitrogen and oxygen atoms in total. The molecule has 0 spiro atoms. The van der Waals surface area contributed by atoms with E-state index in [4.69, 9.17) is 16.0 Å². The Kier molecular flexibility index (Phi) is 5.08. The molecule has 1 aromatic heterocycles. The van der Waals surface area contributed by atoms with E-state index in [1.54, 1.807) is 12.1 Å². The van der Waals surface area contributed by atoms with Gasteiger partial charge in [0.25, 0.3) is 0 Å². The molecule has 1 N–H and O–H groups in total. The van der Waals surface area contributed by atoms with Crippen LogP contribution in [0.15, 0.2) is 28.7 Å². The van der Waals surface area contributed by atoms with Gasteiger partial charge in [-0.3, -0.25) is 19.3 Å². The van der Waals surface area contributed by atoms with Crippen molar-refractivity contribution in [3.8, 4) is 0 Å². The van der Waals surface area contributed by atoms with Gasteiger partial charge >= 0.3 is 0 Å². The third-order valence-corrected chi connectivity index (χ3v) is 4.48. The zero-order valence-electron chi connectivity index (χ0n) is 13.9. The van der Waals surface area contributed by atoms with Crippen LogP contribution in [0.2, 0.25) is 5.02 Å². The number of hydrogen-bond donors (Lipinski definition) is 1. The van der Waals surface area contributed by atoms with E-state index in [1.807, 2.05) is 19.1 Å². The summed E-state index contributed by atoms with van der Waals surface area (Å²) in [5.74, 6) is 0.194. The number of carbonyl (C=O) groups excluding carboxylic acids is 3. The highest BCUT2D eigenvalue weighted by Gasteiger charge is 2.28. The zero-order chi connectivity index (χ0) is 18.0. The van der Waals surface area contributed by atoms with E-state index in [0.717, 1.165) is 5.39 Å². The number of rotatable bonds is 6. The largest absolute Gasteiger partial charge is 0.459 e. The molecule has 1 aliphatic rings. The number of nitrogens with one attached hydrogen (secondary N) is 1. The predicted molar refractivity (Wildman–Crippen MR) is 93.0 cm³/mol. The summed E-state index contributed by atoms with van der Waals surface area (Å²) in [6, 6.07) is 6.92. The third kappa shape index (κ3) is 4.02. The summed E-state index contributed by atoms with van der Waals surface area (Å²) in [6.07, 6.45) is 1.25. The number of nitrogens with zero attached hydrogens (tertiary/aromatic N) is 1. The number of benzene rings is 1. The standard InChI is InChI=1S/C18H19ClN2O4/c1-11(15-10-12-9-13(19)4-5-14(12)25-15)20-16(22)3-2-8-21-17(23)6-7-18(21)24/h4-5,9-11H,2-3,6-8H2,1H3,(H,20,22)/t11-/m1/s1. The first kappa shape index (κ1) is 17.5. The maximum atomic E-state index is 12.1. The van der Waals surface area contributed by atoms with Crippen LogP contribution in [0.25, 0.3) is 11.0 Å². The number of hydrogen-bond acceptors (Lipinski definition) is 4. The van der Waals surface area contributed by atoms with Gasteiger partial charge in [-0.25, -0.2) is 0 Å². The minimum absolute atomic E-state index is 0.148. The molecule has 2 aromatic rings. The number of furan rings is 1. The maximum Gasteiger partial charge on any atom is 0.229 e. The number of likely N-dealkylation sites (tertiary alicyclic amines) is 1. The Balaban J connectivity index is 1.51. The van der Waals surface area contributed by atoms with Crippen LogP contribution in [0.1, 0.15) is 44.4 Å². The van der Waals surface area contributed by atoms with E-state index in [-0.39, 0.29) is 43.0 Å².